The molecule has 1 saturated heterocycles. The molecule has 0 amide bonds. The maximum absolute atomic E-state index is 9.53. The third kappa shape index (κ3) is 6.36. The quantitative estimate of drug-likeness (QED) is 0.559. The van der Waals surface area contributed by atoms with Gasteiger partial charge < -0.3 is 15.5 Å². The van der Waals surface area contributed by atoms with E-state index in [4.69, 9.17) is 0 Å². The van der Waals surface area contributed by atoms with Crippen LogP contribution in [-0.4, -0.2) is 35.5 Å². The molecular formula is C20H34ClNO2. The van der Waals surface area contributed by atoms with Crippen LogP contribution in [0.4, 0.5) is 0 Å². The fourth-order valence-electron chi connectivity index (χ4n) is 3.67. The molecule has 4 heteroatoms. The highest BCUT2D eigenvalue weighted by molar-refractivity contribution is 5.85. The number of aliphatic hydroxyl groups is 2. The van der Waals surface area contributed by atoms with E-state index in [1.54, 1.807) is 0 Å². The van der Waals surface area contributed by atoms with E-state index >= 15 is 0 Å². The van der Waals surface area contributed by atoms with E-state index in [9.17, 15) is 10.2 Å². The highest BCUT2D eigenvalue weighted by Gasteiger charge is 2.33. The molecule has 0 saturated carbocycles. The second-order valence-corrected chi connectivity index (χ2v) is 6.94. The van der Waals surface area contributed by atoms with Gasteiger partial charge in [-0.3, -0.25) is 0 Å². The van der Waals surface area contributed by atoms with Crippen molar-refractivity contribution in [3.8, 4) is 0 Å². The van der Waals surface area contributed by atoms with Crippen molar-refractivity contribution in [1.82, 2.24) is 5.32 Å². The van der Waals surface area contributed by atoms with Crippen molar-refractivity contribution in [3.63, 3.8) is 0 Å². The van der Waals surface area contributed by atoms with Gasteiger partial charge in [0.15, 0.2) is 0 Å². The molecule has 0 bridgehead atoms. The first-order chi connectivity index (χ1) is 11.3. The summed E-state index contributed by atoms with van der Waals surface area (Å²) in [6, 6.07) is 9.07. The first-order valence-electron chi connectivity index (χ1n) is 9.35. The van der Waals surface area contributed by atoms with Gasteiger partial charge in [-0.2, -0.15) is 0 Å². The number of unbranched alkanes of at least 4 members (excludes halogenated alkanes) is 5. The van der Waals surface area contributed by atoms with Crippen LogP contribution < -0.4 is 5.32 Å². The summed E-state index contributed by atoms with van der Waals surface area (Å²) in [6.07, 6.45) is 10.1. The van der Waals surface area contributed by atoms with Crippen LogP contribution in [0.2, 0.25) is 0 Å². The second-order valence-electron chi connectivity index (χ2n) is 6.94. The molecule has 1 heterocycles. The lowest BCUT2D eigenvalue weighted by Crippen LogP contribution is -2.35. The average Bonchev–Trinajstić information content (AvgIpc) is 3.02. The molecule has 3 N–H and O–H groups in total. The Morgan fingerprint density at radius 3 is 2.25 bits per heavy atom. The zero-order chi connectivity index (χ0) is 16.5. The van der Waals surface area contributed by atoms with E-state index in [-0.39, 0.29) is 37.7 Å². The summed E-state index contributed by atoms with van der Waals surface area (Å²) in [6.45, 7) is 2.52. The van der Waals surface area contributed by atoms with Crippen molar-refractivity contribution < 1.29 is 10.2 Å². The van der Waals surface area contributed by atoms with Gasteiger partial charge in [0.05, 0.1) is 13.2 Å². The molecule has 1 aliphatic rings. The van der Waals surface area contributed by atoms with E-state index in [0.717, 1.165) is 12.8 Å². The van der Waals surface area contributed by atoms with Crippen molar-refractivity contribution in [2.24, 2.45) is 0 Å². The molecule has 138 valence electrons. The van der Waals surface area contributed by atoms with E-state index in [1.807, 2.05) is 0 Å². The Morgan fingerprint density at radius 2 is 1.62 bits per heavy atom. The van der Waals surface area contributed by atoms with Gasteiger partial charge in [-0.05, 0) is 30.4 Å². The first-order valence-corrected chi connectivity index (χ1v) is 9.35. The molecule has 0 radical (unpaired) electrons. The highest BCUT2D eigenvalue weighted by atomic mass is 35.5. The van der Waals surface area contributed by atoms with Crippen LogP contribution in [0.3, 0.4) is 0 Å². The molecule has 0 spiro atoms. The average molecular weight is 356 g/mol. The zero-order valence-corrected chi connectivity index (χ0v) is 15.7. The van der Waals surface area contributed by atoms with Crippen molar-refractivity contribution in [2.45, 2.75) is 76.3 Å². The lowest BCUT2D eigenvalue weighted by Gasteiger charge is -2.17. The van der Waals surface area contributed by atoms with Crippen LogP contribution in [0.1, 0.15) is 68.9 Å². The summed E-state index contributed by atoms with van der Waals surface area (Å²) >= 11 is 0. The SMILES string of the molecule is CCCCCCCCc1ccc([C@H]2C[C@H](CO)N[C@H]2CO)cc1.Cl. The van der Waals surface area contributed by atoms with Crippen LogP contribution in [-0.2, 0) is 6.42 Å². The number of halogens is 1. The van der Waals surface area contributed by atoms with Gasteiger partial charge in [0, 0.05) is 18.0 Å². The van der Waals surface area contributed by atoms with Gasteiger partial charge in [0.1, 0.15) is 0 Å². The first kappa shape index (κ1) is 21.4. The monoisotopic (exact) mass is 355 g/mol. The summed E-state index contributed by atoms with van der Waals surface area (Å²) in [7, 11) is 0. The molecule has 0 unspecified atom stereocenters. The third-order valence-corrected chi connectivity index (χ3v) is 5.12. The molecular weight excluding hydrogens is 322 g/mol. The van der Waals surface area contributed by atoms with Gasteiger partial charge in [0.2, 0.25) is 0 Å². The molecule has 24 heavy (non-hydrogen) atoms. The molecule has 1 fully saturated rings. The van der Waals surface area contributed by atoms with Crippen LogP contribution in [0.5, 0.6) is 0 Å². The van der Waals surface area contributed by atoms with Crippen LogP contribution >= 0.6 is 12.4 Å². The molecule has 1 aliphatic heterocycles. The molecule has 2 rings (SSSR count). The number of benzene rings is 1. The van der Waals surface area contributed by atoms with E-state index in [2.05, 4.69) is 36.5 Å². The summed E-state index contributed by atoms with van der Waals surface area (Å²) < 4.78 is 0. The third-order valence-electron chi connectivity index (χ3n) is 5.12. The summed E-state index contributed by atoms with van der Waals surface area (Å²) in [4.78, 5) is 0. The van der Waals surface area contributed by atoms with Gasteiger partial charge in [0.25, 0.3) is 0 Å². The van der Waals surface area contributed by atoms with Gasteiger partial charge in [-0.25, -0.2) is 0 Å². The Hall–Kier alpha value is -0.610. The van der Waals surface area contributed by atoms with E-state index in [1.165, 1.54) is 49.7 Å². The predicted molar refractivity (Wildman–Crippen MR) is 103 cm³/mol. The predicted octanol–water partition coefficient (Wildman–Crippen LogP) is 3.81. The van der Waals surface area contributed by atoms with Gasteiger partial charge >= 0.3 is 0 Å². The van der Waals surface area contributed by atoms with Crippen molar-refractivity contribution in [3.05, 3.63) is 35.4 Å². The maximum atomic E-state index is 9.53. The number of rotatable bonds is 10. The molecule has 1 aromatic carbocycles. The summed E-state index contributed by atoms with van der Waals surface area (Å²) in [5, 5.41) is 22.2. The Labute approximate surface area is 153 Å². The summed E-state index contributed by atoms with van der Waals surface area (Å²) in [5.74, 6) is 0.306. The summed E-state index contributed by atoms with van der Waals surface area (Å²) in [5.41, 5.74) is 2.69. The Kier molecular flexibility index (Phi) is 10.6. The number of nitrogens with one attached hydrogen (secondary N) is 1. The smallest absolute Gasteiger partial charge is 0.0590 e. The van der Waals surface area contributed by atoms with Gasteiger partial charge in [-0.15, -0.1) is 12.4 Å². The number of aryl methyl sites for hydroxylation is 1. The fourth-order valence-corrected chi connectivity index (χ4v) is 3.67. The standard InChI is InChI=1S/C20H33NO2.ClH/c1-2-3-4-5-6-7-8-16-9-11-17(12-10-16)19-13-18(14-22)21-20(19)15-23;/h9-12,18-23H,2-8,13-15H2,1H3;1H/t18-,19-,20+;/m1./s1. The molecule has 0 aliphatic carbocycles. The minimum absolute atomic E-state index is 0. The lowest BCUT2D eigenvalue weighted by molar-refractivity contribution is 0.224. The van der Waals surface area contributed by atoms with E-state index < -0.39 is 0 Å². The molecule has 1 aromatic rings. The van der Waals surface area contributed by atoms with Crippen molar-refractivity contribution >= 4 is 12.4 Å². The Morgan fingerprint density at radius 1 is 0.958 bits per heavy atom. The van der Waals surface area contributed by atoms with Crippen LogP contribution in [0, 0.1) is 0 Å². The Balaban J connectivity index is 0.00000288. The topological polar surface area (TPSA) is 52.5 Å². The van der Waals surface area contributed by atoms with Crippen LogP contribution in [0.25, 0.3) is 0 Å². The minimum Gasteiger partial charge on any atom is -0.395 e. The number of hydrogen-bond donors (Lipinski definition) is 3. The van der Waals surface area contributed by atoms with Gasteiger partial charge in [-0.1, -0.05) is 63.3 Å². The molecule has 3 atom stereocenters. The van der Waals surface area contributed by atoms with Crippen molar-refractivity contribution in [2.75, 3.05) is 13.2 Å². The normalized spacial score (nSPS) is 23.2. The zero-order valence-electron chi connectivity index (χ0n) is 14.9. The number of aliphatic hydroxyl groups excluding tert-OH is 2. The number of hydrogen-bond acceptors (Lipinski definition) is 3. The fraction of sp³-hybridized carbons (Fsp3) is 0.700. The second kappa shape index (κ2) is 11.9. The maximum Gasteiger partial charge on any atom is 0.0590 e. The van der Waals surface area contributed by atoms with Crippen LogP contribution in [0.15, 0.2) is 24.3 Å². The lowest BCUT2D eigenvalue weighted by atomic mass is 9.90. The minimum atomic E-state index is 0. The molecule has 3 nitrogen and oxygen atoms in total. The largest absolute Gasteiger partial charge is 0.395 e. The molecule has 0 aromatic heterocycles. The highest BCUT2D eigenvalue weighted by Crippen LogP contribution is 2.31. The van der Waals surface area contributed by atoms with Crippen molar-refractivity contribution in [1.29, 1.82) is 0 Å². The van der Waals surface area contributed by atoms with E-state index in [0.29, 0.717) is 5.92 Å². The Bertz CT molecular complexity index is 438.